The maximum absolute atomic E-state index is 11.6. The lowest BCUT2D eigenvalue weighted by Gasteiger charge is -2.10. The lowest BCUT2D eigenvalue weighted by atomic mass is 10.2. The first-order valence-corrected chi connectivity index (χ1v) is 6.59. The zero-order chi connectivity index (χ0) is 12.1. The number of hydrogen-bond donors (Lipinski definition) is 2. The van der Waals surface area contributed by atoms with Gasteiger partial charge in [0.1, 0.15) is 6.33 Å². The lowest BCUT2D eigenvalue weighted by molar-refractivity contribution is -0.119. The van der Waals surface area contributed by atoms with Crippen LogP contribution in [0.3, 0.4) is 0 Å². The van der Waals surface area contributed by atoms with E-state index in [0.717, 1.165) is 12.8 Å². The molecule has 17 heavy (non-hydrogen) atoms. The zero-order valence-corrected chi connectivity index (χ0v) is 10.2. The minimum Gasteiger partial charge on any atom is -0.368 e. The molecule has 1 aliphatic rings. The molecule has 1 aromatic rings. The number of aromatic nitrogens is 3. The van der Waals surface area contributed by atoms with Crippen molar-refractivity contribution in [3.05, 3.63) is 6.33 Å². The second kappa shape index (κ2) is 5.81. The summed E-state index contributed by atoms with van der Waals surface area (Å²) in [4.78, 5) is 23.2. The highest BCUT2D eigenvalue weighted by molar-refractivity contribution is 7.99. The molecule has 0 bridgehead atoms. The Labute approximate surface area is 104 Å². The van der Waals surface area contributed by atoms with Crippen LogP contribution < -0.4 is 11.1 Å². The van der Waals surface area contributed by atoms with Crippen molar-refractivity contribution >= 4 is 23.6 Å². The summed E-state index contributed by atoms with van der Waals surface area (Å²) in [6.07, 6.45) is 5.95. The number of nitrogens with zero attached hydrogens (tertiary/aromatic N) is 3. The molecule has 1 aromatic heterocycles. The number of hydrogen-bond acceptors (Lipinski definition) is 6. The van der Waals surface area contributed by atoms with Crippen LogP contribution in [-0.2, 0) is 4.79 Å². The number of nitrogen functional groups attached to an aromatic ring is 1. The van der Waals surface area contributed by atoms with Crippen molar-refractivity contribution < 1.29 is 4.79 Å². The Balaban J connectivity index is 1.75. The van der Waals surface area contributed by atoms with Crippen LogP contribution in [0.4, 0.5) is 5.95 Å². The average Bonchev–Trinajstić information content (AvgIpc) is 2.79. The third-order valence-corrected chi connectivity index (χ3v) is 3.48. The van der Waals surface area contributed by atoms with E-state index in [2.05, 4.69) is 20.3 Å². The summed E-state index contributed by atoms with van der Waals surface area (Å²) >= 11 is 1.27. The molecule has 1 amide bonds. The van der Waals surface area contributed by atoms with Crippen molar-refractivity contribution in [2.45, 2.75) is 36.9 Å². The Kier molecular flexibility index (Phi) is 4.13. The van der Waals surface area contributed by atoms with Gasteiger partial charge in [0.15, 0.2) is 5.16 Å². The predicted molar refractivity (Wildman–Crippen MR) is 65.4 cm³/mol. The Bertz CT molecular complexity index is 394. The fourth-order valence-electron chi connectivity index (χ4n) is 1.83. The van der Waals surface area contributed by atoms with Crippen LogP contribution in [0.15, 0.2) is 11.5 Å². The first-order valence-electron chi connectivity index (χ1n) is 5.61. The molecule has 0 spiro atoms. The minimum atomic E-state index is 0.0286. The van der Waals surface area contributed by atoms with E-state index in [-0.39, 0.29) is 11.9 Å². The first kappa shape index (κ1) is 12.1. The van der Waals surface area contributed by atoms with Crippen LogP contribution >= 0.6 is 11.8 Å². The smallest absolute Gasteiger partial charge is 0.230 e. The van der Waals surface area contributed by atoms with E-state index in [4.69, 9.17) is 5.73 Å². The van der Waals surface area contributed by atoms with E-state index in [0.29, 0.717) is 17.0 Å². The van der Waals surface area contributed by atoms with Gasteiger partial charge in [-0.15, -0.1) is 0 Å². The van der Waals surface area contributed by atoms with Gasteiger partial charge in [0.05, 0.1) is 5.75 Å². The van der Waals surface area contributed by atoms with Gasteiger partial charge in [-0.05, 0) is 12.8 Å². The van der Waals surface area contributed by atoms with Gasteiger partial charge in [0.2, 0.25) is 11.9 Å². The highest BCUT2D eigenvalue weighted by Crippen LogP contribution is 2.18. The number of carbonyl (C=O) groups excluding carboxylic acids is 1. The summed E-state index contributed by atoms with van der Waals surface area (Å²) in [6, 6.07) is 0.353. The monoisotopic (exact) mass is 253 g/mol. The topological polar surface area (TPSA) is 93.8 Å². The summed E-state index contributed by atoms with van der Waals surface area (Å²) < 4.78 is 0. The molecule has 1 saturated carbocycles. The molecule has 2 rings (SSSR count). The molecule has 0 saturated heterocycles. The van der Waals surface area contributed by atoms with Gasteiger partial charge in [0.25, 0.3) is 0 Å². The number of amides is 1. The molecule has 0 unspecified atom stereocenters. The van der Waals surface area contributed by atoms with Gasteiger partial charge < -0.3 is 11.1 Å². The van der Waals surface area contributed by atoms with Crippen LogP contribution in [0.5, 0.6) is 0 Å². The first-order chi connectivity index (χ1) is 8.24. The fraction of sp³-hybridized carbons (Fsp3) is 0.600. The number of rotatable bonds is 4. The van der Waals surface area contributed by atoms with Gasteiger partial charge in [-0.1, -0.05) is 24.6 Å². The van der Waals surface area contributed by atoms with Crippen LogP contribution in [-0.4, -0.2) is 32.7 Å². The summed E-state index contributed by atoms with van der Waals surface area (Å²) in [7, 11) is 0. The van der Waals surface area contributed by atoms with Crippen LogP contribution in [0.2, 0.25) is 0 Å². The lowest BCUT2D eigenvalue weighted by Crippen LogP contribution is -2.33. The second-order valence-corrected chi connectivity index (χ2v) is 4.91. The molecular formula is C10H15N5OS. The number of carbonyl (C=O) groups is 1. The van der Waals surface area contributed by atoms with Crippen molar-refractivity contribution in [2.75, 3.05) is 11.5 Å². The third-order valence-electron chi connectivity index (χ3n) is 2.62. The summed E-state index contributed by atoms with van der Waals surface area (Å²) in [5, 5.41) is 3.49. The maximum atomic E-state index is 11.6. The normalized spacial score (nSPS) is 16.0. The van der Waals surface area contributed by atoms with E-state index in [1.807, 2.05) is 0 Å². The minimum absolute atomic E-state index is 0.0286. The molecule has 0 aliphatic heterocycles. The number of anilines is 1. The molecular weight excluding hydrogens is 238 g/mol. The molecule has 1 heterocycles. The average molecular weight is 253 g/mol. The van der Waals surface area contributed by atoms with Crippen molar-refractivity contribution in [3.63, 3.8) is 0 Å². The van der Waals surface area contributed by atoms with E-state index >= 15 is 0 Å². The Morgan fingerprint density at radius 1 is 1.47 bits per heavy atom. The molecule has 0 atom stereocenters. The fourth-order valence-corrected chi connectivity index (χ4v) is 2.46. The number of nitrogens with one attached hydrogen (secondary N) is 1. The molecule has 7 heteroatoms. The van der Waals surface area contributed by atoms with Gasteiger partial charge >= 0.3 is 0 Å². The van der Waals surface area contributed by atoms with Crippen LogP contribution in [0, 0.1) is 0 Å². The number of nitrogens with two attached hydrogens (primary N) is 1. The van der Waals surface area contributed by atoms with Gasteiger partial charge in [0, 0.05) is 6.04 Å². The van der Waals surface area contributed by atoms with Crippen LogP contribution in [0.1, 0.15) is 25.7 Å². The zero-order valence-electron chi connectivity index (χ0n) is 9.43. The summed E-state index contributed by atoms with van der Waals surface area (Å²) in [6.45, 7) is 0. The maximum Gasteiger partial charge on any atom is 0.230 e. The van der Waals surface area contributed by atoms with Crippen molar-refractivity contribution in [3.8, 4) is 0 Å². The summed E-state index contributed by atoms with van der Waals surface area (Å²) in [5.41, 5.74) is 5.42. The molecule has 0 aromatic carbocycles. The van der Waals surface area contributed by atoms with Gasteiger partial charge in [-0.25, -0.2) is 9.97 Å². The Morgan fingerprint density at radius 2 is 2.24 bits per heavy atom. The third kappa shape index (κ3) is 3.85. The summed E-state index contributed by atoms with van der Waals surface area (Å²) in [5.74, 6) is 0.527. The highest BCUT2D eigenvalue weighted by Gasteiger charge is 2.17. The van der Waals surface area contributed by atoms with Crippen molar-refractivity contribution in [1.29, 1.82) is 0 Å². The van der Waals surface area contributed by atoms with Crippen molar-refractivity contribution in [1.82, 2.24) is 20.3 Å². The quantitative estimate of drug-likeness (QED) is 0.763. The molecule has 1 aliphatic carbocycles. The molecule has 1 fully saturated rings. The molecule has 3 N–H and O–H groups in total. The Morgan fingerprint density at radius 3 is 2.94 bits per heavy atom. The van der Waals surface area contributed by atoms with E-state index in [9.17, 15) is 4.79 Å². The SMILES string of the molecule is Nc1ncnc(SCC(=O)NC2CCCC2)n1. The van der Waals surface area contributed by atoms with Gasteiger partial charge in [-0.3, -0.25) is 4.79 Å². The largest absolute Gasteiger partial charge is 0.368 e. The number of thioether (sulfide) groups is 1. The van der Waals surface area contributed by atoms with Gasteiger partial charge in [-0.2, -0.15) is 4.98 Å². The van der Waals surface area contributed by atoms with E-state index < -0.39 is 0 Å². The van der Waals surface area contributed by atoms with Crippen molar-refractivity contribution in [2.24, 2.45) is 0 Å². The Hall–Kier alpha value is -1.37. The highest BCUT2D eigenvalue weighted by atomic mass is 32.2. The standard InChI is InChI=1S/C10H15N5OS/c11-9-12-6-13-10(15-9)17-5-8(16)14-7-3-1-2-4-7/h6-7H,1-5H2,(H,14,16)(H2,11,12,13,15). The molecule has 6 nitrogen and oxygen atoms in total. The van der Waals surface area contributed by atoms with Crippen LogP contribution in [0.25, 0.3) is 0 Å². The molecule has 0 radical (unpaired) electrons. The van der Waals surface area contributed by atoms with E-state index in [1.165, 1.54) is 30.9 Å². The molecule has 92 valence electrons. The second-order valence-electron chi connectivity index (χ2n) is 3.96. The predicted octanol–water partition coefficient (Wildman–Crippen LogP) is 0.605. The van der Waals surface area contributed by atoms with E-state index in [1.54, 1.807) is 0 Å².